The van der Waals surface area contributed by atoms with Gasteiger partial charge in [-0.25, -0.2) is 0 Å². The predicted molar refractivity (Wildman–Crippen MR) is 127 cm³/mol. The van der Waals surface area contributed by atoms with Crippen molar-refractivity contribution in [3.8, 4) is 0 Å². The van der Waals surface area contributed by atoms with Gasteiger partial charge in [0.25, 0.3) is 5.91 Å². The van der Waals surface area contributed by atoms with Crippen LogP contribution in [0.5, 0.6) is 0 Å². The Morgan fingerprint density at radius 1 is 1.23 bits per heavy atom. The van der Waals surface area contributed by atoms with Crippen LogP contribution in [-0.2, 0) is 21.7 Å². The molecule has 1 saturated heterocycles. The average molecular weight is 539 g/mol. The van der Waals surface area contributed by atoms with Crippen molar-refractivity contribution in [3.05, 3.63) is 63.2 Å². The lowest BCUT2D eigenvalue weighted by Gasteiger charge is -2.31. The fourth-order valence-electron chi connectivity index (χ4n) is 5.37. The van der Waals surface area contributed by atoms with Gasteiger partial charge in [0.15, 0.2) is 5.60 Å². The SMILES string of the molecule is C[C@@H]1[C@@H]([Si](C)(C)F)[C@H](CCO)O[C@@]12C(=O)N(Cc1cccc(I)c1)c1ccccc12. The molecule has 1 fully saturated rings. The molecule has 2 heterocycles. The van der Waals surface area contributed by atoms with Crippen LogP contribution in [0.4, 0.5) is 9.80 Å². The van der Waals surface area contributed by atoms with Crippen LogP contribution >= 0.6 is 22.6 Å². The number of aliphatic hydroxyl groups is 1. The molecule has 0 saturated carbocycles. The van der Waals surface area contributed by atoms with E-state index in [0.29, 0.717) is 13.0 Å². The van der Waals surface area contributed by atoms with Crippen LogP contribution < -0.4 is 4.90 Å². The van der Waals surface area contributed by atoms with Crippen molar-refractivity contribution in [1.82, 2.24) is 0 Å². The highest BCUT2D eigenvalue weighted by Crippen LogP contribution is 2.60. The molecule has 1 spiro atoms. The Hall–Kier alpha value is -1.29. The first-order valence-electron chi connectivity index (χ1n) is 10.3. The van der Waals surface area contributed by atoms with Crippen LogP contribution in [0.15, 0.2) is 48.5 Å². The van der Waals surface area contributed by atoms with Crippen LogP contribution in [0.2, 0.25) is 18.6 Å². The molecule has 160 valence electrons. The number of carbonyl (C=O) groups excluding carboxylic acids is 1. The smallest absolute Gasteiger partial charge is 0.264 e. The molecule has 4 nitrogen and oxygen atoms in total. The molecule has 2 aromatic rings. The third kappa shape index (κ3) is 3.43. The number of hydrogen-bond acceptors (Lipinski definition) is 3. The van der Waals surface area contributed by atoms with E-state index < -0.39 is 20.1 Å². The molecule has 2 aliphatic rings. The Morgan fingerprint density at radius 3 is 2.63 bits per heavy atom. The van der Waals surface area contributed by atoms with Gasteiger partial charge in [-0.05, 0) is 65.9 Å². The molecule has 0 unspecified atom stereocenters. The lowest BCUT2D eigenvalue weighted by Crippen LogP contribution is -2.45. The quantitative estimate of drug-likeness (QED) is 0.331. The van der Waals surface area contributed by atoms with E-state index in [1.807, 2.05) is 49.4 Å². The summed E-state index contributed by atoms with van der Waals surface area (Å²) in [6, 6.07) is 15.8. The predicted octanol–water partition coefficient (Wildman–Crippen LogP) is 5.00. The van der Waals surface area contributed by atoms with Crippen LogP contribution in [-0.4, -0.2) is 32.1 Å². The molecule has 0 aromatic heterocycles. The zero-order valence-electron chi connectivity index (χ0n) is 17.4. The minimum atomic E-state index is -3.14. The standard InChI is InChI=1S/C23H27FINO3Si/c1-15-21(30(2,3)24)20(11-12-27)29-23(15)18-9-4-5-10-19(18)26(22(23)28)14-16-7-6-8-17(25)13-16/h4-10,13,15,20-21,27H,11-12,14H2,1-3H3/t15-,20+,21-,23+/m1/s1. The molecular weight excluding hydrogens is 512 g/mol. The normalized spacial score (nSPS) is 28.4. The van der Waals surface area contributed by atoms with E-state index in [4.69, 9.17) is 4.74 Å². The number of rotatable bonds is 5. The summed E-state index contributed by atoms with van der Waals surface area (Å²) < 4.78 is 23.0. The van der Waals surface area contributed by atoms with Gasteiger partial charge in [-0.1, -0.05) is 37.3 Å². The van der Waals surface area contributed by atoms with Crippen LogP contribution in [0.1, 0.15) is 24.5 Å². The third-order valence-corrected chi connectivity index (χ3v) is 9.64. The van der Waals surface area contributed by atoms with Gasteiger partial charge in [0, 0.05) is 27.2 Å². The zero-order valence-corrected chi connectivity index (χ0v) is 20.6. The van der Waals surface area contributed by atoms with Crippen LogP contribution in [0, 0.1) is 9.49 Å². The number of aliphatic hydroxyl groups excluding tert-OH is 1. The summed E-state index contributed by atoms with van der Waals surface area (Å²) in [5.74, 6) is -0.436. The number of amides is 1. The second kappa shape index (κ2) is 8.00. The van der Waals surface area contributed by atoms with Gasteiger partial charge in [-0.15, -0.1) is 0 Å². The minimum Gasteiger partial charge on any atom is -0.396 e. The van der Waals surface area contributed by atoms with Crippen LogP contribution in [0.3, 0.4) is 0 Å². The topological polar surface area (TPSA) is 49.8 Å². The number of nitrogens with zero attached hydrogens (tertiary/aromatic N) is 1. The molecule has 1 N–H and O–H groups in total. The maximum Gasteiger partial charge on any atom is 0.264 e. The average Bonchev–Trinajstić information content (AvgIpc) is 3.10. The number of ether oxygens (including phenoxy) is 1. The Kier molecular flexibility index (Phi) is 5.84. The summed E-state index contributed by atoms with van der Waals surface area (Å²) in [7, 11) is -3.14. The highest BCUT2D eigenvalue weighted by molar-refractivity contribution is 14.1. The summed E-state index contributed by atoms with van der Waals surface area (Å²) >= 11 is 2.27. The third-order valence-electron chi connectivity index (χ3n) is 6.51. The largest absolute Gasteiger partial charge is 0.396 e. The number of benzene rings is 2. The lowest BCUT2D eigenvalue weighted by atomic mass is 9.82. The van der Waals surface area contributed by atoms with E-state index in [9.17, 15) is 9.90 Å². The van der Waals surface area contributed by atoms with Gasteiger partial charge in [0.2, 0.25) is 8.41 Å². The first-order valence-corrected chi connectivity index (χ1v) is 14.4. The van der Waals surface area contributed by atoms with Gasteiger partial charge in [0.1, 0.15) is 0 Å². The van der Waals surface area contributed by atoms with E-state index in [0.717, 1.165) is 20.4 Å². The van der Waals surface area contributed by atoms with Gasteiger partial charge in [-0.3, -0.25) is 4.79 Å². The van der Waals surface area contributed by atoms with E-state index in [1.54, 1.807) is 18.0 Å². The Labute approximate surface area is 191 Å². The fourth-order valence-corrected chi connectivity index (χ4v) is 8.52. The maximum absolute atomic E-state index is 15.4. The Balaban J connectivity index is 1.80. The number of carbonyl (C=O) groups is 1. The van der Waals surface area contributed by atoms with E-state index in [2.05, 4.69) is 28.7 Å². The molecule has 7 heteroatoms. The summed E-state index contributed by atoms with van der Waals surface area (Å²) in [5, 5.41) is 9.58. The second-order valence-electron chi connectivity index (χ2n) is 8.82. The summed E-state index contributed by atoms with van der Waals surface area (Å²) in [6.45, 7) is 5.65. The number of anilines is 1. The summed E-state index contributed by atoms with van der Waals surface area (Å²) in [6.07, 6.45) is -0.130. The summed E-state index contributed by atoms with van der Waals surface area (Å²) in [4.78, 5) is 15.7. The number of hydrogen-bond donors (Lipinski definition) is 1. The lowest BCUT2D eigenvalue weighted by molar-refractivity contribution is -0.146. The molecule has 0 bridgehead atoms. The van der Waals surface area contributed by atoms with Crippen molar-refractivity contribution in [1.29, 1.82) is 0 Å². The van der Waals surface area contributed by atoms with Crippen molar-refractivity contribution in [2.45, 2.75) is 50.2 Å². The molecule has 0 aliphatic carbocycles. The first-order chi connectivity index (χ1) is 14.2. The van der Waals surface area contributed by atoms with Gasteiger partial charge < -0.3 is 18.9 Å². The van der Waals surface area contributed by atoms with Gasteiger partial charge in [0.05, 0.1) is 18.3 Å². The molecule has 2 aliphatic heterocycles. The van der Waals surface area contributed by atoms with Crippen molar-refractivity contribution >= 4 is 42.6 Å². The van der Waals surface area contributed by atoms with Crippen molar-refractivity contribution in [2.24, 2.45) is 5.92 Å². The molecule has 2 aromatic carbocycles. The monoisotopic (exact) mass is 539 g/mol. The van der Waals surface area contributed by atoms with E-state index >= 15 is 4.11 Å². The fraction of sp³-hybridized carbons (Fsp3) is 0.435. The molecule has 30 heavy (non-hydrogen) atoms. The highest BCUT2D eigenvalue weighted by Gasteiger charge is 2.66. The second-order valence-corrected chi connectivity index (χ2v) is 13.9. The highest BCUT2D eigenvalue weighted by atomic mass is 127. The molecule has 0 radical (unpaired) electrons. The minimum absolute atomic E-state index is 0.0869. The van der Waals surface area contributed by atoms with Crippen molar-refractivity contribution in [3.63, 3.8) is 0 Å². The molecule has 4 atom stereocenters. The molecular formula is C23H27FINO3Si. The molecule has 1 amide bonds. The van der Waals surface area contributed by atoms with Crippen LogP contribution in [0.25, 0.3) is 0 Å². The summed E-state index contributed by atoms with van der Waals surface area (Å²) in [5.41, 5.74) is 1.13. The Morgan fingerprint density at radius 2 is 1.97 bits per heavy atom. The van der Waals surface area contributed by atoms with E-state index in [1.165, 1.54) is 0 Å². The first kappa shape index (κ1) is 21.9. The van der Waals surface area contributed by atoms with Gasteiger partial charge in [-0.2, -0.15) is 0 Å². The molecule has 4 rings (SSSR count). The Bertz CT molecular complexity index is 965. The number of para-hydroxylation sites is 1. The van der Waals surface area contributed by atoms with Crippen molar-refractivity contribution < 1.29 is 18.7 Å². The van der Waals surface area contributed by atoms with E-state index in [-0.39, 0.29) is 24.0 Å². The maximum atomic E-state index is 15.4. The number of fused-ring (bicyclic) bond motifs is 2. The van der Waals surface area contributed by atoms with Crippen molar-refractivity contribution in [2.75, 3.05) is 11.5 Å². The zero-order chi connectivity index (χ0) is 21.7. The van der Waals surface area contributed by atoms with Gasteiger partial charge >= 0.3 is 0 Å². The number of halogens is 2.